The van der Waals surface area contributed by atoms with E-state index in [9.17, 15) is 13.2 Å². The summed E-state index contributed by atoms with van der Waals surface area (Å²) in [4.78, 5) is 12.1. The van der Waals surface area contributed by atoms with Gasteiger partial charge in [0.25, 0.3) is 10.0 Å². The predicted molar refractivity (Wildman–Crippen MR) is 83.3 cm³/mol. The van der Waals surface area contributed by atoms with Crippen LogP contribution in [0.4, 0.5) is 5.69 Å². The molecule has 0 aliphatic rings. The van der Waals surface area contributed by atoms with Gasteiger partial charge in [-0.1, -0.05) is 23.2 Å². The molecule has 1 aromatic heterocycles. The lowest BCUT2D eigenvalue weighted by Crippen LogP contribution is -2.15. The number of carboxylic acid groups (broad SMARTS) is 1. The summed E-state index contributed by atoms with van der Waals surface area (Å²) < 4.78 is 26.8. The molecule has 0 amide bonds. The normalized spacial score (nSPS) is 11.4. The summed E-state index contributed by atoms with van der Waals surface area (Å²) in [6.07, 6.45) is 0. The minimum absolute atomic E-state index is 0.0475. The van der Waals surface area contributed by atoms with E-state index < -0.39 is 16.0 Å². The highest BCUT2D eigenvalue weighted by atomic mass is 35.5. The van der Waals surface area contributed by atoms with E-state index in [4.69, 9.17) is 28.3 Å². The van der Waals surface area contributed by atoms with Crippen LogP contribution in [-0.2, 0) is 10.0 Å². The molecule has 0 saturated heterocycles. The van der Waals surface area contributed by atoms with Crippen LogP contribution in [0.15, 0.2) is 28.5 Å². The number of nitrogens with one attached hydrogen (secondary N) is 1. The van der Waals surface area contributed by atoms with E-state index in [-0.39, 0.29) is 25.5 Å². The summed E-state index contributed by atoms with van der Waals surface area (Å²) in [6, 6.07) is 5.70. The Morgan fingerprint density at radius 3 is 2.33 bits per heavy atom. The largest absolute Gasteiger partial charge is 0.478 e. The van der Waals surface area contributed by atoms with E-state index in [0.29, 0.717) is 0 Å². The number of aryl methyl sites for hydroxylation is 1. The van der Waals surface area contributed by atoms with Gasteiger partial charge in [-0.15, -0.1) is 11.3 Å². The molecule has 2 aromatic rings. The van der Waals surface area contributed by atoms with Gasteiger partial charge in [-0.3, -0.25) is 4.72 Å². The molecule has 5 nitrogen and oxygen atoms in total. The van der Waals surface area contributed by atoms with Crippen molar-refractivity contribution < 1.29 is 18.3 Å². The van der Waals surface area contributed by atoms with Crippen molar-refractivity contribution in [2.45, 2.75) is 11.1 Å². The lowest BCUT2D eigenvalue weighted by Gasteiger charge is -2.12. The number of carboxylic acids is 1. The van der Waals surface area contributed by atoms with Crippen LogP contribution >= 0.6 is 34.5 Å². The summed E-state index contributed by atoms with van der Waals surface area (Å²) in [5.74, 6) is -1.37. The molecule has 0 aliphatic heterocycles. The average Bonchev–Trinajstić information content (AvgIpc) is 2.81. The molecular formula is C12H9Cl2NO4S2. The van der Waals surface area contributed by atoms with Crippen LogP contribution in [0.5, 0.6) is 0 Å². The van der Waals surface area contributed by atoms with Crippen molar-refractivity contribution in [3.8, 4) is 0 Å². The molecule has 112 valence electrons. The fraction of sp³-hybridized carbons (Fsp3) is 0.0833. The molecule has 1 aromatic carbocycles. The Morgan fingerprint density at radius 1 is 1.19 bits per heavy atom. The highest BCUT2D eigenvalue weighted by Gasteiger charge is 2.24. The van der Waals surface area contributed by atoms with Gasteiger partial charge in [0.1, 0.15) is 9.77 Å². The Bertz CT molecular complexity index is 815. The minimum Gasteiger partial charge on any atom is -0.478 e. The molecule has 0 saturated carbocycles. The number of sulfonamides is 1. The number of anilines is 1. The van der Waals surface area contributed by atoms with Crippen LogP contribution in [-0.4, -0.2) is 19.5 Å². The summed E-state index contributed by atoms with van der Waals surface area (Å²) in [6.45, 7) is 1.76. The lowest BCUT2D eigenvalue weighted by molar-refractivity contribution is 0.0698. The van der Waals surface area contributed by atoms with Crippen LogP contribution in [0.3, 0.4) is 0 Å². The highest BCUT2D eigenvalue weighted by molar-refractivity contribution is 7.94. The maximum atomic E-state index is 12.3. The summed E-state index contributed by atoms with van der Waals surface area (Å²) in [5, 5.41) is 9.01. The van der Waals surface area contributed by atoms with Gasteiger partial charge in [0.15, 0.2) is 0 Å². The van der Waals surface area contributed by atoms with Crippen molar-refractivity contribution in [3.63, 3.8) is 0 Å². The lowest BCUT2D eigenvalue weighted by atomic mass is 10.2. The Morgan fingerprint density at radius 2 is 1.81 bits per heavy atom. The number of benzene rings is 1. The van der Waals surface area contributed by atoms with Crippen molar-refractivity contribution in [1.29, 1.82) is 0 Å². The summed E-state index contributed by atoms with van der Waals surface area (Å²) in [7, 11) is -3.93. The van der Waals surface area contributed by atoms with Gasteiger partial charge in [0.2, 0.25) is 0 Å². The van der Waals surface area contributed by atoms with Gasteiger partial charge in [-0.2, -0.15) is 0 Å². The molecule has 0 bridgehead atoms. The Hall–Kier alpha value is -1.28. The summed E-state index contributed by atoms with van der Waals surface area (Å²) in [5.41, 5.74) is -0.635. The van der Waals surface area contributed by atoms with E-state index in [2.05, 4.69) is 4.72 Å². The molecule has 9 heteroatoms. The first kappa shape index (κ1) is 16.1. The van der Waals surface area contributed by atoms with E-state index in [1.165, 1.54) is 18.2 Å². The minimum atomic E-state index is -3.93. The van der Waals surface area contributed by atoms with E-state index in [1.54, 1.807) is 13.0 Å². The molecule has 21 heavy (non-hydrogen) atoms. The van der Waals surface area contributed by atoms with E-state index in [0.717, 1.165) is 16.2 Å². The van der Waals surface area contributed by atoms with Crippen LogP contribution in [0, 0.1) is 6.92 Å². The standard InChI is InChI=1S/C12H9Cl2NO4S2/c1-6-2-5-9(20-6)21(18,19)15-11-8(14)4-3-7(13)10(11)12(16)17/h2-5,15H,1H3,(H,16,17). The van der Waals surface area contributed by atoms with Gasteiger partial charge in [0.05, 0.1) is 15.7 Å². The van der Waals surface area contributed by atoms with E-state index in [1.807, 2.05) is 0 Å². The van der Waals surface area contributed by atoms with Crippen LogP contribution in [0.2, 0.25) is 10.0 Å². The van der Waals surface area contributed by atoms with Crippen molar-refractivity contribution in [2.24, 2.45) is 0 Å². The zero-order valence-corrected chi connectivity index (χ0v) is 13.7. The van der Waals surface area contributed by atoms with Crippen LogP contribution < -0.4 is 4.72 Å². The van der Waals surface area contributed by atoms with Crippen molar-refractivity contribution in [3.05, 3.63) is 44.8 Å². The van der Waals surface area contributed by atoms with Crippen molar-refractivity contribution in [2.75, 3.05) is 4.72 Å². The molecular weight excluding hydrogens is 357 g/mol. The second-order valence-corrected chi connectivity index (χ2v) is 8.07. The quantitative estimate of drug-likeness (QED) is 0.861. The number of rotatable bonds is 4. The van der Waals surface area contributed by atoms with E-state index >= 15 is 0 Å². The molecule has 2 rings (SSSR count). The van der Waals surface area contributed by atoms with Gasteiger partial charge < -0.3 is 5.11 Å². The fourth-order valence-corrected chi connectivity index (χ4v) is 4.48. The summed E-state index contributed by atoms with van der Waals surface area (Å²) >= 11 is 12.8. The maximum Gasteiger partial charge on any atom is 0.339 e. The van der Waals surface area contributed by atoms with Gasteiger partial charge in [0, 0.05) is 4.88 Å². The smallest absolute Gasteiger partial charge is 0.339 e. The van der Waals surface area contributed by atoms with Gasteiger partial charge >= 0.3 is 5.97 Å². The molecule has 0 aliphatic carbocycles. The zero-order chi connectivity index (χ0) is 15.8. The maximum absolute atomic E-state index is 12.3. The average molecular weight is 366 g/mol. The Balaban J connectivity index is 2.54. The molecule has 0 radical (unpaired) electrons. The van der Waals surface area contributed by atoms with Crippen molar-refractivity contribution >= 4 is 56.2 Å². The topological polar surface area (TPSA) is 83.5 Å². The Kier molecular flexibility index (Phi) is 4.48. The second kappa shape index (κ2) is 5.84. The molecule has 0 atom stereocenters. The number of aromatic carboxylic acids is 1. The van der Waals surface area contributed by atoms with Crippen LogP contribution in [0.25, 0.3) is 0 Å². The first-order valence-electron chi connectivity index (χ1n) is 5.53. The van der Waals surface area contributed by atoms with Crippen molar-refractivity contribution in [1.82, 2.24) is 0 Å². The number of hydrogen-bond donors (Lipinski definition) is 2. The van der Waals surface area contributed by atoms with Crippen LogP contribution in [0.1, 0.15) is 15.2 Å². The van der Waals surface area contributed by atoms with Gasteiger partial charge in [-0.25, -0.2) is 13.2 Å². The number of carbonyl (C=O) groups is 1. The van der Waals surface area contributed by atoms with Gasteiger partial charge in [-0.05, 0) is 31.2 Å². The number of hydrogen-bond acceptors (Lipinski definition) is 4. The molecule has 1 heterocycles. The third-order valence-electron chi connectivity index (χ3n) is 2.53. The molecule has 0 spiro atoms. The second-order valence-electron chi connectivity index (χ2n) is 4.05. The highest BCUT2D eigenvalue weighted by Crippen LogP contribution is 2.34. The molecule has 2 N–H and O–H groups in total. The SMILES string of the molecule is Cc1ccc(S(=O)(=O)Nc2c(Cl)ccc(Cl)c2C(=O)O)s1. The monoisotopic (exact) mass is 365 g/mol. The first-order valence-corrected chi connectivity index (χ1v) is 8.58. The number of thiophene rings is 1. The number of halogens is 2. The molecule has 0 fully saturated rings. The third kappa shape index (κ3) is 3.32. The first-order chi connectivity index (χ1) is 9.72. The predicted octanol–water partition coefficient (Wildman–Crippen LogP) is 3.86. The Labute approximate surface area is 135 Å². The fourth-order valence-electron chi connectivity index (χ4n) is 1.60. The zero-order valence-electron chi connectivity index (χ0n) is 10.6. The third-order valence-corrected chi connectivity index (χ3v) is 6.01. The molecule has 0 unspecified atom stereocenters.